The molecule has 0 aliphatic heterocycles. The fourth-order valence-corrected chi connectivity index (χ4v) is 2.75. The SMILES string of the molecule is N#Cc1cc(Cl)c(S(=O)(=O)Cl)c(C(F)F)n1. The molecule has 16 heavy (non-hydrogen) atoms. The Balaban J connectivity index is 3.68. The fourth-order valence-electron chi connectivity index (χ4n) is 0.967. The normalized spacial score (nSPS) is 11.5. The Morgan fingerprint density at radius 2 is 2.06 bits per heavy atom. The second-order valence-electron chi connectivity index (χ2n) is 2.55. The van der Waals surface area contributed by atoms with E-state index in [0.29, 0.717) is 0 Å². The van der Waals surface area contributed by atoms with Crippen LogP contribution in [0.3, 0.4) is 0 Å². The van der Waals surface area contributed by atoms with Gasteiger partial charge in [-0.2, -0.15) is 5.26 Å². The van der Waals surface area contributed by atoms with E-state index < -0.39 is 36.8 Å². The second-order valence-corrected chi connectivity index (χ2v) is 5.46. The van der Waals surface area contributed by atoms with E-state index in [1.807, 2.05) is 0 Å². The van der Waals surface area contributed by atoms with Crippen molar-refractivity contribution in [2.75, 3.05) is 0 Å². The van der Waals surface area contributed by atoms with Crippen molar-refractivity contribution in [2.45, 2.75) is 11.3 Å². The van der Waals surface area contributed by atoms with Crippen molar-refractivity contribution in [1.29, 1.82) is 5.26 Å². The molecule has 0 aliphatic carbocycles. The van der Waals surface area contributed by atoms with Crippen LogP contribution in [0.2, 0.25) is 5.02 Å². The highest BCUT2D eigenvalue weighted by molar-refractivity contribution is 8.13. The fraction of sp³-hybridized carbons (Fsp3) is 0.143. The number of pyridine rings is 1. The summed E-state index contributed by atoms with van der Waals surface area (Å²) in [6, 6.07) is 2.32. The Morgan fingerprint density at radius 1 is 1.50 bits per heavy atom. The van der Waals surface area contributed by atoms with Gasteiger partial charge in [0.1, 0.15) is 22.4 Å². The maximum Gasteiger partial charge on any atom is 0.281 e. The van der Waals surface area contributed by atoms with Crippen LogP contribution in [0.15, 0.2) is 11.0 Å². The first kappa shape index (κ1) is 13.1. The van der Waals surface area contributed by atoms with Gasteiger partial charge in [0.25, 0.3) is 15.5 Å². The molecule has 1 aromatic heterocycles. The third-order valence-corrected chi connectivity index (χ3v) is 3.31. The topological polar surface area (TPSA) is 70.8 Å². The van der Waals surface area contributed by atoms with E-state index in [2.05, 4.69) is 4.98 Å². The van der Waals surface area contributed by atoms with Crippen LogP contribution >= 0.6 is 22.3 Å². The number of hydrogen-bond acceptors (Lipinski definition) is 4. The largest absolute Gasteiger partial charge is 0.281 e. The van der Waals surface area contributed by atoms with E-state index in [4.69, 9.17) is 27.5 Å². The van der Waals surface area contributed by atoms with Crippen molar-refractivity contribution in [2.24, 2.45) is 0 Å². The Hall–Kier alpha value is -0.970. The average molecular weight is 287 g/mol. The van der Waals surface area contributed by atoms with Crippen LogP contribution in [-0.2, 0) is 9.05 Å². The monoisotopic (exact) mass is 286 g/mol. The molecule has 0 saturated heterocycles. The molecule has 1 heterocycles. The Kier molecular flexibility index (Phi) is 3.68. The molecule has 0 bridgehead atoms. The summed E-state index contributed by atoms with van der Waals surface area (Å²) in [5.74, 6) is 0. The lowest BCUT2D eigenvalue weighted by atomic mass is 10.3. The molecule has 0 aliphatic rings. The predicted molar refractivity (Wildman–Crippen MR) is 52.0 cm³/mol. The minimum atomic E-state index is -4.45. The lowest BCUT2D eigenvalue weighted by Crippen LogP contribution is -2.04. The average Bonchev–Trinajstić information content (AvgIpc) is 2.14. The van der Waals surface area contributed by atoms with E-state index in [9.17, 15) is 17.2 Å². The first-order valence-corrected chi connectivity index (χ1v) is 6.29. The summed E-state index contributed by atoms with van der Waals surface area (Å²) in [4.78, 5) is 2.19. The van der Waals surface area contributed by atoms with Crippen LogP contribution in [0.25, 0.3) is 0 Å². The van der Waals surface area contributed by atoms with Crippen molar-refractivity contribution in [1.82, 2.24) is 4.98 Å². The molecule has 0 saturated carbocycles. The van der Waals surface area contributed by atoms with Crippen LogP contribution in [0.4, 0.5) is 8.78 Å². The Morgan fingerprint density at radius 3 is 2.44 bits per heavy atom. The number of hydrogen-bond donors (Lipinski definition) is 0. The molecule has 4 nitrogen and oxygen atoms in total. The molecule has 0 spiro atoms. The minimum absolute atomic E-state index is 0.413. The van der Waals surface area contributed by atoms with Gasteiger partial charge in [0.15, 0.2) is 0 Å². The summed E-state index contributed by atoms with van der Waals surface area (Å²) >= 11 is 5.45. The maximum atomic E-state index is 12.5. The van der Waals surface area contributed by atoms with Crippen LogP contribution in [-0.4, -0.2) is 13.4 Å². The smallest absolute Gasteiger partial charge is 0.235 e. The molecule has 1 rings (SSSR count). The highest BCUT2D eigenvalue weighted by atomic mass is 35.7. The number of nitriles is 1. The summed E-state index contributed by atoms with van der Waals surface area (Å²) in [5, 5.41) is 7.91. The van der Waals surface area contributed by atoms with Gasteiger partial charge < -0.3 is 0 Å². The van der Waals surface area contributed by atoms with E-state index >= 15 is 0 Å². The molecular weight excluding hydrogens is 285 g/mol. The zero-order chi connectivity index (χ0) is 12.5. The summed E-state index contributed by atoms with van der Waals surface area (Å²) < 4.78 is 47.0. The summed E-state index contributed by atoms with van der Waals surface area (Å²) in [7, 11) is 0.494. The molecule has 1 aromatic rings. The number of alkyl halides is 2. The van der Waals surface area contributed by atoms with Gasteiger partial charge >= 0.3 is 0 Å². The highest BCUT2D eigenvalue weighted by Crippen LogP contribution is 2.33. The van der Waals surface area contributed by atoms with Crippen LogP contribution in [0.5, 0.6) is 0 Å². The predicted octanol–water partition coefficient (Wildman–Crippen LogP) is 2.47. The first-order valence-electron chi connectivity index (χ1n) is 3.60. The highest BCUT2D eigenvalue weighted by Gasteiger charge is 2.27. The molecule has 86 valence electrons. The number of aromatic nitrogens is 1. The number of rotatable bonds is 2. The van der Waals surface area contributed by atoms with E-state index in [1.165, 1.54) is 6.07 Å². The van der Waals surface area contributed by atoms with Crippen molar-refractivity contribution in [3.8, 4) is 6.07 Å². The third kappa shape index (κ3) is 2.58. The van der Waals surface area contributed by atoms with Gasteiger partial charge in [0, 0.05) is 10.7 Å². The molecular formula is C7H2Cl2F2N2O2S. The first-order chi connectivity index (χ1) is 7.27. The summed E-state index contributed by atoms with van der Waals surface area (Å²) in [6.07, 6.45) is -3.20. The van der Waals surface area contributed by atoms with Crippen LogP contribution in [0.1, 0.15) is 17.8 Å². The van der Waals surface area contributed by atoms with Crippen molar-refractivity contribution in [3.63, 3.8) is 0 Å². The maximum absolute atomic E-state index is 12.5. The van der Waals surface area contributed by atoms with E-state index in [1.54, 1.807) is 0 Å². The van der Waals surface area contributed by atoms with Gasteiger partial charge in [-0.3, -0.25) is 0 Å². The Bertz CT molecular complexity index is 568. The van der Waals surface area contributed by atoms with Crippen LogP contribution in [0, 0.1) is 11.3 Å². The van der Waals surface area contributed by atoms with Crippen LogP contribution < -0.4 is 0 Å². The van der Waals surface area contributed by atoms with Gasteiger partial charge in [-0.1, -0.05) is 11.6 Å². The van der Waals surface area contributed by atoms with E-state index in [0.717, 1.165) is 6.07 Å². The van der Waals surface area contributed by atoms with Gasteiger partial charge in [-0.15, -0.1) is 0 Å². The molecule has 0 fully saturated rings. The molecule has 0 radical (unpaired) electrons. The molecule has 0 unspecified atom stereocenters. The van der Waals surface area contributed by atoms with Gasteiger partial charge in [-0.05, 0) is 6.07 Å². The summed E-state index contributed by atoms with van der Waals surface area (Å²) in [6.45, 7) is 0. The number of nitrogens with zero attached hydrogens (tertiary/aromatic N) is 2. The zero-order valence-corrected chi connectivity index (χ0v) is 9.61. The molecule has 0 aromatic carbocycles. The summed E-state index contributed by atoms with van der Waals surface area (Å²) in [5.41, 5.74) is -1.54. The second kappa shape index (κ2) is 4.49. The van der Waals surface area contributed by atoms with Crippen molar-refractivity contribution < 1.29 is 17.2 Å². The van der Waals surface area contributed by atoms with Crippen molar-refractivity contribution >= 4 is 31.3 Å². The van der Waals surface area contributed by atoms with Gasteiger partial charge in [-0.25, -0.2) is 22.2 Å². The Labute approximate surface area is 98.8 Å². The van der Waals surface area contributed by atoms with Crippen molar-refractivity contribution in [3.05, 3.63) is 22.5 Å². The van der Waals surface area contributed by atoms with Gasteiger partial charge in [0.2, 0.25) is 0 Å². The zero-order valence-electron chi connectivity index (χ0n) is 7.29. The molecule has 0 amide bonds. The quantitative estimate of drug-likeness (QED) is 0.783. The van der Waals surface area contributed by atoms with E-state index in [-0.39, 0.29) is 0 Å². The van der Waals surface area contributed by atoms with Gasteiger partial charge in [0.05, 0.1) is 5.02 Å². The molecule has 0 atom stereocenters. The standard InChI is InChI=1S/C7H2Cl2F2N2O2S/c8-4-1-3(2-12)13-5(7(10)11)6(4)16(9,14)15/h1,7H. The third-order valence-electron chi connectivity index (χ3n) is 1.52. The lowest BCUT2D eigenvalue weighted by Gasteiger charge is -2.07. The number of halogens is 4. The molecule has 0 N–H and O–H groups in total. The molecule has 9 heteroatoms. The minimum Gasteiger partial charge on any atom is -0.235 e. The lowest BCUT2D eigenvalue weighted by molar-refractivity contribution is 0.142.